The molecule has 0 aliphatic carbocycles. The number of hydrogen-bond acceptors (Lipinski definition) is 8. The molecule has 1 aromatic carbocycles. The van der Waals surface area contributed by atoms with Crippen LogP contribution in [0.3, 0.4) is 0 Å². The summed E-state index contributed by atoms with van der Waals surface area (Å²) in [5.74, 6) is 0.350. The Kier molecular flexibility index (Phi) is 6.51. The highest BCUT2D eigenvalue weighted by Gasteiger charge is 2.28. The normalized spacial score (nSPS) is 16.4. The molecule has 10 heteroatoms. The Bertz CT molecular complexity index is 906. The van der Waals surface area contributed by atoms with Gasteiger partial charge in [0, 0.05) is 30.2 Å². The Labute approximate surface area is 167 Å². The molecule has 0 saturated carbocycles. The molecular weight excluding hydrogens is 404 g/mol. The van der Waals surface area contributed by atoms with E-state index in [1.165, 1.54) is 33.7 Å². The lowest BCUT2D eigenvalue weighted by atomic mass is 10.0. The number of hydrogen-bond donors (Lipinski definition) is 1. The van der Waals surface area contributed by atoms with Gasteiger partial charge in [0.05, 0.1) is 11.4 Å². The van der Waals surface area contributed by atoms with Gasteiger partial charge in [0.1, 0.15) is 0 Å². The van der Waals surface area contributed by atoms with E-state index in [0.29, 0.717) is 34.9 Å². The van der Waals surface area contributed by atoms with Crippen molar-refractivity contribution < 1.29 is 13.2 Å². The summed E-state index contributed by atoms with van der Waals surface area (Å²) in [6, 6.07) is 6.26. The fourth-order valence-electron chi connectivity index (χ4n) is 2.83. The van der Waals surface area contributed by atoms with E-state index in [1.54, 1.807) is 18.2 Å². The molecule has 0 amide bonds. The number of benzene rings is 1. The molecule has 1 aliphatic rings. The largest absolute Gasteiger partial charge is 0.353 e. The van der Waals surface area contributed by atoms with Gasteiger partial charge in [-0.15, -0.1) is 0 Å². The Morgan fingerprint density at radius 1 is 1.37 bits per heavy atom. The first-order chi connectivity index (χ1) is 12.9. The van der Waals surface area contributed by atoms with Gasteiger partial charge in [0.25, 0.3) is 0 Å². The topological polar surface area (TPSA) is 92.3 Å². The third kappa shape index (κ3) is 4.87. The number of aromatic nitrogens is 2. The van der Waals surface area contributed by atoms with E-state index in [-0.39, 0.29) is 17.2 Å². The fourth-order valence-corrected chi connectivity index (χ4v) is 5.46. The number of carbonyl (C=O) groups is 1. The molecule has 146 valence electrons. The van der Waals surface area contributed by atoms with Crippen LogP contribution in [0.2, 0.25) is 0 Å². The highest BCUT2D eigenvalue weighted by Crippen LogP contribution is 2.24. The van der Waals surface area contributed by atoms with Crippen LogP contribution in [0.25, 0.3) is 0 Å². The maximum Gasteiger partial charge on any atom is 0.243 e. The SMILES string of the molecule is CSc1nsc(NCC(=O)c2cccc(S(=O)(=O)N3CCC(C)CC3)c2)n1. The number of piperidine rings is 1. The van der Waals surface area contributed by atoms with Crippen molar-refractivity contribution in [2.45, 2.75) is 29.8 Å². The zero-order chi connectivity index (χ0) is 19.4. The van der Waals surface area contributed by atoms with Gasteiger partial charge in [-0.3, -0.25) is 4.79 Å². The van der Waals surface area contributed by atoms with Crippen molar-refractivity contribution in [3.8, 4) is 0 Å². The molecule has 0 unspecified atom stereocenters. The first-order valence-electron chi connectivity index (χ1n) is 8.65. The van der Waals surface area contributed by atoms with Crippen LogP contribution in [-0.4, -0.2) is 53.8 Å². The van der Waals surface area contributed by atoms with Crippen LogP contribution in [0.1, 0.15) is 30.1 Å². The number of carbonyl (C=O) groups excluding carboxylic acids is 1. The van der Waals surface area contributed by atoms with Crippen LogP contribution in [0.4, 0.5) is 5.13 Å². The highest BCUT2D eigenvalue weighted by molar-refractivity contribution is 7.98. The second kappa shape index (κ2) is 8.68. The van der Waals surface area contributed by atoms with E-state index in [0.717, 1.165) is 12.8 Å². The molecule has 7 nitrogen and oxygen atoms in total. The predicted molar refractivity (Wildman–Crippen MR) is 108 cm³/mol. The maximum absolute atomic E-state index is 12.9. The summed E-state index contributed by atoms with van der Waals surface area (Å²) in [5.41, 5.74) is 0.364. The van der Waals surface area contributed by atoms with Gasteiger partial charge in [0.2, 0.25) is 20.3 Å². The predicted octanol–water partition coefficient (Wildman–Crippen LogP) is 2.98. The highest BCUT2D eigenvalue weighted by atomic mass is 32.2. The Morgan fingerprint density at radius 3 is 2.78 bits per heavy atom. The monoisotopic (exact) mass is 426 g/mol. The zero-order valence-electron chi connectivity index (χ0n) is 15.2. The number of Topliss-reactive ketones (excluding diaryl/α,β-unsaturated/α-hetero) is 1. The molecular formula is C17H22N4O3S3. The molecule has 3 rings (SSSR count). The second-order valence-electron chi connectivity index (χ2n) is 6.48. The van der Waals surface area contributed by atoms with E-state index >= 15 is 0 Å². The van der Waals surface area contributed by atoms with E-state index < -0.39 is 10.0 Å². The molecule has 0 atom stereocenters. The lowest BCUT2D eigenvalue weighted by molar-refractivity contribution is 0.101. The number of ketones is 1. The number of nitrogens with zero attached hydrogens (tertiary/aromatic N) is 3. The Hall–Kier alpha value is -1.49. The van der Waals surface area contributed by atoms with Gasteiger partial charge in [-0.25, -0.2) is 8.42 Å². The minimum Gasteiger partial charge on any atom is -0.353 e. The van der Waals surface area contributed by atoms with Gasteiger partial charge in [-0.1, -0.05) is 30.8 Å². The number of thioether (sulfide) groups is 1. The van der Waals surface area contributed by atoms with Crippen molar-refractivity contribution in [2.24, 2.45) is 5.92 Å². The standard InChI is InChI=1S/C17H22N4O3S3/c1-12-6-8-21(9-7-12)27(23,24)14-5-3-4-13(10-14)15(22)11-18-16-19-17(25-2)20-26-16/h3-5,10,12H,6-9,11H2,1-2H3,(H,18,19,20). The molecule has 2 aromatic rings. The summed E-state index contributed by atoms with van der Waals surface area (Å²) in [5, 5.41) is 4.17. The van der Waals surface area contributed by atoms with Crippen LogP contribution < -0.4 is 5.32 Å². The molecule has 1 saturated heterocycles. The third-order valence-electron chi connectivity index (χ3n) is 4.53. The molecule has 0 radical (unpaired) electrons. The first kappa shape index (κ1) is 20.2. The molecule has 0 bridgehead atoms. The van der Waals surface area contributed by atoms with E-state index in [1.807, 2.05) is 6.26 Å². The van der Waals surface area contributed by atoms with Crippen LogP contribution in [0.15, 0.2) is 34.3 Å². The van der Waals surface area contributed by atoms with Crippen LogP contribution in [0.5, 0.6) is 0 Å². The van der Waals surface area contributed by atoms with Gasteiger partial charge in [-0.2, -0.15) is 13.7 Å². The Balaban J connectivity index is 1.69. The molecule has 1 fully saturated rings. The minimum atomic E-state index is -3.57. The number of anilines is 1. The molecule has 1 aromatic heterocycles. The van der Waals surface area contributed by atoms with E-state index in [9.17, 15) is 13.2 Å². The van der Waals surface area contributed by atoms with Gasteiger partial charge in [-0.05, 0) is 37.1 Å². The zero-order valence-corrected chi connectivity index (χ0v) is 17.7. The van der Waals surface area contributed by atoms with Crippen LogP contribution in [0, 0.1) is 5.92 Å². The molecule has 1 aliphatic heterocycles. The van der Waals surface area contributed by atoms with Crippen molar-refractivity contribution >= 4 is 44.2 Å². The molecule has 27 heavy (non-hydrogen) atoms. The molecule has 2 heterocycles. The summed E-state index contributed by atoms with van der Waals surface area (Å²) in [6.07, 6.45) is 3.61. The average Bonchev–Trinajstić information content (AvgIpc) is 3.14. The van der Waals surface area contributed by atoms with E-state index in [4.69, 9.17) is 0 Å². The average molecular weight is 427 g/mol. The first-order valence-corrected chi connectivity index (χ1v) is 12.1. The summed E-state index contributed by atoms with van der Waals surface area (Å²) >= 11 is 2.62. The maximum atomic E-state index is 12.9. The minimum absolute atomic E-state index is 0.0355. The van der Waals surface area contributed by atoms with Crippen molar-refractivity contribution in [3.05, 3.63) is 29.8 Å². The quantitative estimate of drug-likeness (QED) is 0.537. The molecule has 0 spiro atoms. The number of nitrogens with one attached hydrogen (secondary N) is 1. The van der Waals surface area contributed by atoms with Crippen LogP contribution >= 0.6 is 23.3 Å². The lowest BCUT2D eigenvalue weighted by Crippen LogP contribution is -2.37. The van der Waals surface area contributed by atoms with Gasteiger partial charge in [0.15, 0.2) is 5.78 Å². The lowest BCUT2D eigenvalue weighted by Gasteiger charge is -2.29. The Morgan fingerprint density at radius 2 is 2.11 bits per heavy atom. The van der Waals surface area contributed by atoms with Gasteiger partial charge < -0.3 is 5.32 Å². The third-order valence-corrected chi connectivity index (χ3v) is 7.76. The fraction of sp³-hybridized carbons (Fsp3) is 0.471. The summed E-state index contributed by atoms with van der Waals surface area (Å²) in [4.78, 5) is 16.9. The van der Waals surface area contributed by atoms with Crippen molar-refractivity contribution in [1.29, 1.82) is 0 Å². The summed E-state index contributed by atoms with van der Waals surface area (Å²) in [6.45, 7) is 3.22. The smallest absolute Gasteiger partial charge is 0.243 e. The van der Waals surface area contributed by atoms with Crippen molar-refractivity contribution in [3.63, 3.8) is 0 Å². The number of sulfonamides is 1. The van der Waals surface area contributed by atoms with Crippen LogP contribution in [-0.2, 0) is 10.0 Å². The second-order valence-corrected chi connectivity index (χ2v) is 9.94. The van der Waals surface area contributed by atoms with Crippen molar-refractivity contribution in [2.75, 3.05) is 31.2 Å². The van der Waals surface area contributed by atoms with Crippen molar-refractivity contribution in [1.82, 2.24) is 13.7 Å². The van der Waals surface area contributed by atoms with E-state index in [2.05, 4.69) is 21.6 Å². The summed E-state index contributed by atoms with van der Waals surface area (Å²) in [7, 11) is -3.57. The van der Waals surface area contributed by atoms with Gasteiger partial charge >= 0.3 is 0 Å². The number of rotatable bonds is 7. The summed E-state index contributed by atoms with van der Waals surface area (Å²) < 4.78 is 31.4. The molecule has 1 N–H and O–H groups in total.